The van der Waals surface area contributed by atoms with Crippen molar-refractivity contribution in [3.8, 4) is 5.82 Å². The number of fused-ring (bicyclic) bond motifs is 1. The Morgan fingerprint density at radius 1 is 1.31 bits per heavy atom. The highest BCUT2D eigenvalue weighted by atomic mass is 35.5. The predicted octanol–water partition coefficient (Wildman–Crippen LogP) is 3.78. The summed E-state index contributed by atoms with van der Waals surface area (Å²) in [6.07, 6.45) is 1.79. The lowest BCUT2D eigenvalue weighted by molar-refractivity contribution is 0.0193. The fraction of sp³-hybridized carbons (Fsp3) is 0.400. The van der Waals surface area contributed by atoms with Gasteiger partial charge in [-0.05, 0) is 30.4 Å². The zero-order chi connectivity index (χ0) is 21.0. The SMILES string of the molecule is CC(C)(C)C1(c2nc3cccc(Cl)c3c(=O)n2-c2cc[nH]n2)CCCN1C(=O)O. The molecule has 29 heavy (non-hydrogen) atoms. The zero-order valence-electron chi connectivity index (χ0n) is 16.4. The van der Waals surface area contributed by atoms with Crippen LogP contribution in [-0.4, -0.2) is 42.4 Å². The Labute approximate surface area is 172 Å². The molecule has 0 spiro atoms. The Hall–Kier alpha value is -2.87. The van der Waals surface area contributed by atoms with Crippen LogP contribution in [0, 0.1) is 5.41 Å². The van der Waals surface area contributed by atoms with Gasteiger partial charge in [0.25, 0.3) is 5.56 Å². The molecule has 152 valence electrons. The fourth-order valence-corrected chi connectivity index (χ4v) is 4.73. The molecule has 2 N–H and O–H groups in total. The molecule has 0 aliphatic carbocycles. The molecule has 1 aliphatic rings. The molecule has 1 amide bonds. The van der Waals surface area contributed by atoms with E-state index in [4.69, 9.17) is 16.6 Å². The maximum Gasteiger partial charge on any atom is 0.408 e. The zero-order valence-corrected chi connectivity index (χ0v) is 17.2. The maximum atomic E-state index is 13.6. The van der Waals surface area contributed by atoms with Crippen LogP contribution in [0.2, 0.25) is 5.02 Å². The summed E-state index contributed by atoms with van der Waals surface area (Å²) in [5.41, 5.74) is -1.48. The molecule has 2 aromatic heterocycles. The number of carboxylic acid groups (broad SMARTS) is 1. The fourth-order valence-electron chi connectivity index (χ4n) is 4.48. The van der Waals surface area contributed by atoms with Crippen molar-refractivity contribution in [3.05, 3.63) is 51.7 Å². The van der Waals surface area contributed by atoms with E-state index >= 15 is 0 Å². The van der Waals surface area contributed by atoms with E-state index in [1.54, 1.807) is 30.5 Å². The van der Waals surface area contributed by atoms with Gasteiger partial charge in [-0.2, -0.15) is 5.10 Å². The number of halogens is 1. The highest BCUT2D eigenvalue weighted by Gasteiger charge is 2.56. The van der Waals surface area contributed by atoms with E-state index in [2.05, 4.69) is 10.2 Å². The van der Waals surface area contributed by atoms with Crippen LogP contribution in [0.1, 0.15) is 39.4 Å². The number of hydrogen-bond acceptors (Lipinski definition) is 4. The first-order valence-electron chi connectivity index (χ1n) is 9.41. The van der Waals surface area contributed by atoms with E-state index in [0.717, 1.165) is 0 Å². The van der Waals surface area contributed by atoms with Gasteiger partial charge < -0.3 is 5.11 Å². The lowest BCUT2D eigenvalue weighted by Crippen LogP contribution is -2.55. The van der Waals surface area contributed by atoms with Gasteiger partial charge in [-0.3, -0.25) is 14.8 Å². The summed E-state index contributed by atoms with van der Waals surface area (Å²) in [6, 6.07) is 6.75. The summed E-state index contributed by atoms with van der Waals surface area (Å²) in [5.74, 6) is 0.706. The second-order valence-corrected chi connectivity index (χ2v) is 8.70. The molecule has 1 atom stereocenters. The average Bonchev–Trinajstić information content (AvgIpc) is 3.31. The highest BCUT2D eigenvalue weighted by molar-refractivity contribution is 6.35. The first-order valence-corrected chi connectivity index (χ1v) is 9.79. The second kappa shape index (κ2) is 6.59. The molecule has 3 heterocycles. The molecule has 3 aromatic rings. The summed E-state index contributed by atoms with van der Waals surface area (Å²) in [6.45, 7) is 6.28. The summed E-state index contributed by atoms with van der Waals surface area (Å²) in [4.78, 5) is 32.0. The molecule has 9 heteroatoms. The number of nitrogens with one attached hydrogen (secondary N) is 1. The van der Waals surface area contributed by atoms with Gasteiger partial charge in [0.1, 0.15) is 11.4 Å². The molecule has 1 aliphatic heterocycles. The van der Waals surface area contributed by atoms with E-state index in [1.807, 2.05) is 20.8 Å². The van der Waals surface area contributed by atoms with Gasteiger partial charge in [0.15, 0.2) is 5.82 Å². The minimum Gasteiger partial charge on any atom is -0.465 e. The van der Waals surface area contributed by atoms with Gasteiger partial charge in [-0.25, -0.2) is 14.3 Å². The van der Waals surface area contributed by atoms with Crippen LogP contribution < -0.4 is 5.56 Å². The van der Waals surface area contributed by atoms with E-state index < -0.39 is 17.0 Å². The van der Waals surface area contributed by atoms with Crippen LogP contribution in [0.15, 0.2) is 35.3 Å². The molecule has 0 saturated carbocycles. The highest BCUT2D eigenvalue weighted by Crippen LogP contribution is 2.51. The summed E-state index contributed by atoms with van der Waals surface area (Å²) in [5, 5.41) is 17.5. The van der Waals surface area contributed by atoms with E-state index in [-0.39, 0.29) is 10.9 Å². The normalized spacial score (nSPS) is 19.8. The van der Waals surface area contributed by atoms with Crippen molar-refractivity contribution in [2.24, 2.45) is 5.41 Å². The number of hydrogen-bond donors (Lipinski definition) is 2. The van der Waals surface area contributed by atoms with Crippen molar-refractivity contribution >= 4 is 28.6 Å². The van der Waals surface area contributed by atoms with E-state index in [0.29, 0.717) is 41.6 Å². The van der Waals surface area contributed by atoms with Crippen molar-refractivity contribution in [1.29, 1.82) is 0 Å². The molecule has 8 nitrogen and oxygen atoms in total. The van der Waals surface area contributed by atoms with Crippen LogP contribution in [0.5, 0.6) is 0 Å². The number of rotatable bonds is 2. The molecule has 4 rings (SSSR count). The van der Waals surface area contributed by atoms with Crippen LogP contribution in [0.25, 0.3) is 16.7 Å². The molecule has 0 radical (unpaired) electrons. The molecule has 1 fully saturated rings. The number of benzene rings is 1. The average molecular weight is 416 g/mol. The summed E-state index contributed by atoms with van der Waals surface area (Å²) < 4.78 is 1.40. The molecule has 1 aromatic carbocycles. The third-order valence-electron chi connectivity index (χ3n) is 5.78. The number of H-pyrrole nitrogens is 1. The number of aromatic amines is 1. The number of aromatic nitrogens is 4. The van der Waals surface area contributed by atoms with Gasteiger partial charge in [0, 0.05) is 18.8 Å². The van der Waals surface area contributed by atoms with E-state index in [9.17, 15) is 14.7 Å². The molecule has 1 saturated heterocycles. The third-order valence-corrected chi connectivity index (χ3v) is 6.10. The Balaban J connectivity index is 2.19. The smallest absolute Gasteiger partial charge is 0.408 e. The second-order valence-electron chi connectivity index (χ2n) is 8.29. The van der Waals surface area contributed by atoms with Crippen molar-refractivity contribution in [2.45, 2.75) is 39.2 Å². The maximum absolute atomic E-state index is 13.6. The van der Waals surface area contributed by atoms with Crippen LogP contribution in [0.4, 0.5) is 4.79 Å². The van der Waals surface area contributed by atoms with Crippen molar-refractivity contribution in [2.75, 3.05) is 6.54 Å². The predicted molar refractivity (Wildman–Crippen MR) is 110 cm³/mol. The lowest BCUT2D eigenvalue weighted by atomic mass is 9.71. The van der Waals surface area contributed by atoms with Crippen molar-refractivity contribution < 1.29 is 9.90 Å². The van der Waals surface area contributed by atoms with E-state index in [1.165, 1.54) is 9.47 Å². The number of carbonyl (C=O) groups is 1. The molecule has 0 bridgehead atoms. The van der Waals surface area contributed by atoms with Crippen molar-refractivity contribution in [3.63, 3.8) is 0 Å². The van der Waals surface area contributed by atoms with Gasteiger partial charge in [-0.15, -0.1) is 0 Å². The Morgan fingerprint density at radius 2 is 2.07 bits per heavy atom. The van der Waals surface area contributed by atoms with Gasteiger partial charge >= 0.3 is 6.09 Å². The topological polar surface area (TPSA) is 104 Å². The Bertz CT molecular complexity index is 1150. The Morgan fingerprint density at radius 3 is 2.69 bits per heavy atom. The number of likely N-dealkylation sites (tertiary alicyclic amines) is 1. The lowest BCUT2D eigenvalue weighted by Gasteiger charge is -2.46. The summed E-state index contributed by atoms with van der Waals surface area (Å²) >= 11 is 6.33. The quantitative estimate of drug-likeness (QED) is 0.662. The largest absolute Gasteiger partial charge is 0.465 e. The standard InChI is InChI=1S/C20H22ClN5O3/c1-19(2,3)20(9-5-11-25(20)18(28)29)17-23-13-7-4-6-12(21)15(13)16(27)26(17)14-8-10-22-24-14/h4,6-8,10H,5,9,11H2,1-3H3,(H,22,24)(H,28,29). The molecule has 1 unspecified atom stereocenters. The number of amides is 1. The minimum absolute atomic E-state index is 0.282. The van der Waals surface area contributed by atoms with Crippen LogP contribution in [-0.2, 0) is 5.54 Å². The van der Waals surface area contributed by atoms with Crippen LogP contribution in [0.3, 0.4) is 0 Å². The minimum atomic E-state index is -1.04. The monoisotopic (exact) mass is 415 g/mol. The van der Waals surface area contributed by atoms with Crippen molar-refractivity contribution in [1.82, 2.24) is 24.6 Å². The summed E-state index contributed by atoms with van der Waals surface area (Å²) in [7, 11) is 0. The first kappa shape index (κ1) is 19.4. The Kier molecular flexibility index (Phi) is 4.42. The number of nitrogens with zero attached hydrogens (tertiary/aromatic N) is 4. The first-order chi connectivity index (χ1) is 13.7. The van der Waals surface area contributed by atoms with Gasteiger partial charge in [0.2, 0.25) is 0 Å². The van der Waals surface area contributed by atoms with Gasteiger partial charge in [-0.1, -0.05) is 38.4 Å². The van der Waals surface area contributed by atoms with Crippen LogP contribution >= 0.6 is 11.6 Å². The molecular weight excluding hydrogens is 394 g/mol. The molecular formula is C20H22ClN5O3. The third kappa shape index (κ3) is 2.73. The van der Waals surface area contributed by atoms with Gasteiger partial charge in [0.05, 0.1) is 15.9 Å².